The summed E-state index contributed by atoms with van der Waals surface area (Å²) in [4.78, 5) is 15.7. The van der Waals surface area contributed by atoms with Crippen molar-refractivity contribution in [2.75, 3.05) is 26.8 Å². The van der Waals surface area contributed by atoms with Crippen molar-refractivity contribution in [1.82, 2.24) is 15.6 Å². The average molecular weight is 257 g/mol. The molecular weight excluding hydrogens is 238 g/mol. The van der Waals surface area contributed by atoms with Crippen molar-refractivity contribution in [3.8, 4) is 0 Å². The normalized spacial score (nSPS) is 11.5. The smallest absolute Gasteiger partial charge is 0.234 e. The Morgan fingerprint density at radius 2 is 2.35 bits per heavy atom. The Bertz CT molecular complexity index is 338. The number of carbonyl (C=O) groups excluding carboxylic acids is 1. The van der Waals surface area contributed by atoms with Crippen LogP contribution in [0.25, 0.3) is 0 Å². The topological polar surface area (TPSA) is 63.2 Å². The fraction of sp³-hybridized carbons (Fsp3) is 0.636. The Kier molecular flexibility index (Phi) is 5.54. The maximum Gasteiger partial charge on any atom is 0.234 e. The van der Waals surface area contributed by atoms with Crippen LogP contribution in [-0.4, -0.2) is 37.7 Å². The molecule has 0 spiro atoms. The fourth-order valence-electron chi connectivity index (χ4n) is 1.26. The minimum absolute atomic E-state index is 0.0355. The van der Waals surface area contributed by atoms with Crippen molar-refractivity contribution in [2.45, 2.75) is 19.4 Å². The number of amides is 1. The van der Waals surface area contributed by atoms with Gasteiger partial charge < -0.3 is 10.1 Å². The van der Waals surface area contributed by atoms with E-state index in [2.05, 4.69) is 15.6 Å². The van der Waals surface area contributed by atoms with Gasteiger partial charge in [-0.25, -0.2) is 4.98 Å². The first-order valence-corrected chi connectivity index (χ1v) is 6.35. The second kappa shape index (κ2) is 6.68. The van der Waals surface area contributed by atoms with Gasteiger partial charge in [0.1, 0.15) is 5.01 Å². The van der Waals surface area contributed by atoms with Crippen LogP contribution in [0.2, 0.25) is 0 Å². The molecule has 1 aromatic rings. The second-order valence-electron chi connectivity index (χ2n) is 4.16. The van der Waals surface area contributed by atoms with Gasteiger partial charge >= 0.3 is 0 Å². The second-order valence-corrected chi connectivity index (χ2v) is 5.05. The Morgan fingerprint density at radius 3 is 2.94 bits per heavy atom. The summed E-state index contributed by atoms with van der Waals surface area (Å²) in [6.07, 6.45) is 1.77. The van der Waals surface area contributed by atoms with Gasteiger partial charge in [0.05, 0.1) is 18.7 Å². The fourth-order valence-corrected chi connectivity index (χ4v) is 2.00. The van der Waals surface area contributed by atoms with E-state index < -0.39 is 0 Å². The summed E-state index contributed by atoms with van der Waals surface area (Å²) in [6, 6.07) is 0. The Balaban J connectivity index is 2.32. The third-order valence-electron chi connectivity index (χ3n) is 2.29. The van der Waals surface area contributed by atoms with E-state index >= 15 is 0 Å². The van der Waals surface area contributed by atoms with Crippen molar-refractivity contribution < 1.29 is 9.53 Å². The van der Waals surface area contributed by atoms with Crippen molar-refractivity contribution >= 4 is 17.2 Å². The van der Waals surface area contributed by atoms with Crippen LogP contribution in [0.4, 0.5) is 0 Å². The summed E-state index contributed by atoms with van der Waals surface area (Å²) in [7, 11) is 1.61. The minimum atomic E-state index is -0.285. The van der Waals surface area contributed by atoms with Crippen molar-refractivity contribution in [1.29, 1.82) is 0 Å². The maximum atomic E-state index is 11.5. The van der Waals surface area contributed by atoms with E-state index in [1.807, 2.05) is 19.2 Å². The molecule has 0 aliphatic carbocycles. The van der Waals surface area contributed by atoms with Crippen molar-refractivity contribution in [3.63, 3.8) is 0 Å². The molecule has 5 nitrogen and oxygen atoms in total. The number of rotatable bonds is 7. The molecule has 2 N–H and O–H groups in total. The molecule has 0 aliphatic rings. The monoisotopic (exact) mass is 257 g/mol. The third-order valence-corrected chi connectivity index (χ3v) is 3.38. The van der Waals surface area contributed by atoms with E-state index in [9.17, 15) is 4.79 Å². The molecule has 96 valence electrons. The molecule has 1 heterocycles. The third kappa shape index (κ3) is 4.80. The maximum absolute atomic E-state index is 11.5. The summed E-state index contributed by atoms with van der Waals surface area (Å²) < 4.78 is 4.85. The molecule has 0 bridgehead atoms. The summed E-state index contributed by atoms with van der Waals surface area (Å²) in [5.41, 5.74) is -0.285. The zero-order valence-electron chi connectivity index (χ0n) is 10.4. The predicted octanol–water partition coefficient (Wildman–Crippen LogP) is 0.730. The van der Waals surface area contributed by atoms with E-state index in [0.717, 1.165) is 5.01 Å². The number of thiazole rings is 1. The van der Waals surface area contributed by atoms with Gasteiger partial charge in [-0.3, -0.25) is 10.1 Å². The molecule has 0 radical (unpaired) electrons. The van der Waals surface area contributed by atoms with Crippen LogP contribution in [-0.2, 0) is 15.1 Å². The van der Waals surface area contributed by atoms with Crippen molar-refractivity contribution in [2.24, 2.45) is 0 Å². The standard InChI is InChI=1S/C11H19N3O2S/c1-11(2,10-13-5-7-17-10)14-8-9(15)12-4-6-16-3/h5,7,14H,4,6,8H2,1-3H3,(H,12,15). The van der Waals surface area contributed by atoms with Crippen molar-refractivity contribution in [3.05, 3.63) is 16.6 Å². The van der Waals surface area contributed by atoms with Gasteiger partial charge in [-0.1, -0.05) is 0 Å². The first kappa shape index (κ1) is 14.1. The molecule has 6 heteroatoms. The molecule has 0 saturated heterocycles. The average Bonchev–Trinajstić information content (AvgIpc) is 2.81. The first-order valence-electron chi connectivity index (χ1n) is 5.47. The van der Waals surface area contributed by atoms with E-state index in [1.165, 1.54) is 0 Å². The van der Waals surface area contributed by atoms with E-state index in [0.29, 0.717) is 13.2 Å². The Labute approximate surface area is 106 Å². The summed E-state index contributed by atoms with van der Waals surface area (Å²) in [5, 5.41) is 8.84. The lowest BCUT2D eigenvalue weighted by atomic mass is 10.1. The predicted molar refractivity (Wildman–Crippen MR) is 68.0 cm³/mol. The molecule has 0 unspecified atom stereocenters. The first-order chi connectivity index (χ1) is 8.06. The lowest BCUT2D eigenvalue weighted by Crippen LogP contribution is -2.43. The summed E-state index contributed by atoms with van der Waals surface area (Å²) in [6.45, 7) is 5.36. The molecule has 0 fully saturated rings. The molecule has 0 saturated carbocycles. The van der Waals surface area contributed by atoms with Crippen LogP contribution in [0, 0.1) is 0 Å². The number of carbonyl (C=O) groups is 1. The van der Waals surface area contributed by atoms with Crippen LogP contribution in [0.1, 0.15) is 18.9 Å². The van der Waals surface area contributed by atoms with E-state index in [1.54, 1.807) is 24.6 Å². The highest BCUT2D eigenvalue weighted by molar-refractivity contribution is 7.09. The van der Waals surface area contributed by atoms with Crippen LogP contribution >= 0.6 is 11.3 Å². The minimum Gasteiger partial charge on any atom is -0.383 e. The molecule has 1 amide bonds. The number of hydrogen-bond acceptors (Lipinski definition) is 5. The molecule has 0 aromatic carbocycles. The molecule has 0 atom stereocenters. The lowest BCUT2D eigenvalue weighted by molar-refractivity contribution is -0.120. The highest BCUT2D eigenvalue weighted by atomic mass is 32.1. The number of hydrogen-bond donors (Lipinski definition) is 2. The molecular formula is C11H19N3O2S. The highest BCUT2D eigenvalue weighted by Gasteiger charge is 2.23. The van der Waals surface area contributed by atoms with Gasteiger partial charge in [0, 0.05) is 25.2 Å². The lowest BCUT2D eigenvalue weighted by Gasteiger charge is -2.23. The van der Waals surface area contributed by atoms with E-state index in [-0.39, 0.29) is 18.0 Å². The number of nitrogens with zero attached hydrogens (tertiary/aromatic N) is 1. The van der Waals surface area contributed by atoms with E-state index in [4.69, 9.17) is 4.74 Å². The zero-order chi connectivity index (χ0) is 12.7. The number of nitrogens with one attached hydrogen (secondary N) is 2. The molecule has 0 aliphatic heterocycles. The molecule has 17 heavy (non-hydrogen) atoms. The Hall–Kier alpha value is -0.980. The van der Waals surface area contributed by atoms with Gasteiger partial charge in [-0.05, 0) is 13.8 Å². The van der Waals surface area contributed by atoms with Crippen LogP contribution in [0.15, 0.2) is 11.6 Å². The number of ether oxygens (including phenoxy) is 1. The Morgan fingerprint density at radius 1 is 1.59 bits per heavy atom. The number of aromatic nitrogens is 1. The summed E-state index contributed by atoms with van der Waals surface area (Å²) in [5.74, 6) is -0.0355. The van der Waals surface area contributed by atoms with Gasteiger partial charge in [-0.2, -0.15) is 0 Å². The highest BCUT2D eigenvalue weighted by Crippen LogP contribution is 2.21. The largest absolute Gasteiger partial charge is 0.383 e. The molecule has 1 rings (SSSR count). The van der Waals surface area contributed by atoms with Crippen LogP contribution in [0.3, 0.4) is 0 Å². The van der Waals surface area contributed by atoms with Gasteiger partial charge in [0.15, 0.2) is 0 Å². The van der Waals surface area contributed by atoms with Crippen LogP contribution in [0.5, 0.6) is 0 Å². The van der Waals surface area contributed by atoms with Crippen LogP contribution < -0.4 is 10.6 Å². The SMILES string of the molecule is COCCNC(=O)CNC(C)(C)c1nccs1. The van der Waals surface area contributed by atoms with Gasteiger partial charge in [0.2, 0.25) is 5.91 Å². The quantitative estimate of drug-likeness (QED) is 0.707. The zero-order valence-corrected chi connectivity index (χ0v) is 11.3. The molecule has 1 aromatic heterocycles. The summed E-state index contributed by atoms with van der Waals surface area (Å²) >= 11 is 1.58. The van der Waals surface area contributed by atoms with Gasteiger partial charge in [0.25, 0.3) is 0 Å². The number of methoxy groups -OCH3 is 1. The van der Waals surface area contributed by atoms with Gasteiger partial charge in [-0.15, -0.1) is 11.3 Å².